The second-order valence-electron chi connectivity index (χ2n) is 5.51. The highest BCUT2D eigenvalue weighted by Gasteiger charge is 2.31. The van der Waals surface area contributed by atoms with Crippen LogP contribution in [0.1, 0.15) is 18.9 Å². The van der Waals surface area contributed by atoms with Crippen molar-refractivity contribution in [3.63, 3.8) is 0 Å². The third-order valence-electron chi connectivity index (χ3n) is 3.12. The van der Waals surface area contributed by atoms with Crippen molar-refractivity contribution in [3.05, 3.63) is 6.20 Å². The molecule has 0 spiro atoms. The third kappa shape index (κ3) is 2.13. The van der Waals surface area contributed by atoms with Gasteiger partial charge in [0.15, 0.2) is 0 Å². The zero-order chi connectivity index (χ0) is 11.1. The minimum Gasteiger partial charge on any atom is -0.396 e. The van der Waals surface area contributed by atoms with Crippen LogP contribution in [-0.4, -0.2) is 34.8 Å². The van der Waals surface area contributed by atoms with E-state index in [1.54, 1.807) is 0 Å². The van der Waals surface area contributed by atoms with Gasteiger partial charge in [0.1, 0.15) is 8.07 Å². The van der Waals surface area contributed by atoms with E-state index in [0.717, 1.165) is 12.8 Å². The lowest BCUT2D eigenvalue weighted by molar-refractivity contribution is 0.104. The van der Waals surface area contributed by atoms with Crippen molar-refractivity contribution in [2.45, 2.75) is 38.5 Å². The maximum Gasteiger partial charge on any atom is 0.106 e. The number of aliphatic hydroxyl groups is 1. The summed E-state index contributed by atoms with van der Waals surface area (Å²) in [4.78, 5) is 0. The van der Waals surface area contributed by atoms with E-state index in [1.807, 2.05) is 4.68 Å². The van der Waals surface area contributed by atoms with Gasteiger partial charge in [0.2, 0.25) is 0 Å². The van der Waals surface area contributed by atoms with E-state index in [0.29, 0.717) is 18.6 Å². The van der Waals surface area contributed by atoms with Gasteiger partial charge in [0.25, 0.3) is 0 Å². The van der Waals surface area contributed by atoms with Gasteiger partial charge < -0.3 is 5.11 Å². The fourth-order valence-corrected chi connectivity index (χ4v) is 2.73. The average Bonchev–Trinajstić information content (AvgIpc) is 2.50. The first-order valence-corrected chi connectivity index (χ1v) is 9.04. The van der Waals surface area contributed by atoms with Gasteiger partial charge in [-0.2, -0.15) is 0 Å². The quantitative estimate of drug-likeness (QED) is 0.773. The molecular weight excluding hydrogens is 206 g/mol. The molecule has 1 saturated carbocycles. The summed E-state index contributed by atoms with van der Waals surface area (Å²) in [5.74, 6) is 0.481. The van der Waals surface area contributed by atoms with E-state index < -0.39 is 8.07 Å². The Morgan fingerprint density at radius 2 is 2.13 bits per heavy atom. The van der Waals surface area contributed by atoms with Gasteiger partial charge in [0.05, 0.1) is 11.4 Å². The summed E-state index contributed by atoms with van der Waals surface area (Å²) in [6.45, 7) is 7.14. The Labute approximate surface area is 91.3 Å². The van der Waals surface area contributed by atoms with Gasteiger partial charge in [-0.1, -0.05) is 24.9 Å². The van der Waals surface area contributed by atoms with Gasteiger partial charge in [-0.05, 0) is 18.8 Å². The SMILES string of the molecule is C[Si](C)(C)c1cn(C2CC(CO)C2)nn1. The molecular formula is C10H19N3OSi. The Kier molecular flexibility index (Phi) is 2.68. The van der Waals surface area contributed by atoms with Crippen molar-refractivity contribution in [2.24, 2.45) is 5.92 Å². The van der Waals surface area contributed by atoms with Crippen LogP contribution in [0.4, 0.5) is 0 Å². The van der Waals surface area contributed by atoms with Crippen molar-refractivity contribution in [1.29, 1.82) is 0 Å². The van der Waals surface area contributed by atoms with Gasteiger partial charge >= 0.3 is 0 Å². The number of aliphatic hydroxyl groups excluding tert-OH is 1. The highest BCUT2D eigenvalue weighted by Crippen LogP contribution is 2.36. The Morgan fingerprint density at radius 3 is 2.60 bits per heavy atom. The fraction of sp³-hybridized carbons (Fsp3) is 0.800. The maximum absolute atomic E-state index is 8.95. The smallest absolute Gasteiger partial charge is 0.106 e. The summed E-state index contributed by atoms with van der Waals surface area (Å²) < 4.78 is 1.99. The lowest BCUT2D eigenvalue weighted by atomic mass is 9.81. The molecule has 0 aliphatic heterocycles. The molecule has 0 unspecified atom stereocenters. The van der Waals surface area contributed by atoms with E-state index in [9.17, 15) is 0 Å². The van der Waals surface area contributed by atoms with Gasteiger partial charge in [-0.3, -0.25) is 0 Å². The zero-order valence-corrected chi connectivity index (χ0v) is 10.6. The summed E-state index contributed by atoms with van der Waals surface area (Å²) in [7, 11) is -1.32. The standard InChI is InChI=1S/C10H19N3OSi/c1-15(2,3)10-6-13(12-11-10)9-4-8(5-9)7-14/h6,8-9,14H,4-5,7H2,1-3H3. The minimum atomic E-state index is -1.32. The van der Waals surface area contributed by atoms with Crippen LogP contribution in [0.15, 0.2) is 6.20 Å². The fourth-order valence-electron chi connectivity index (χ4n) is 1.86. The molecule has 1 aromatic heterocycles. The molecule has 5 heteroatoms. The molecule has 1 N–H and O–H groups in total. The molecule has 0 amide bonds. The topological polar surface area (TPSA) is 50.9 Å². The van der Waals surface area contributed by atoms with E-state index in [1.165, 1.54) is 5.32 Å². The van der Waals surface area contributed by atoms with Gasteiger partial charge in [-0.15, -0.1) is 5.10 Å². The molecule has 2 rings (SSSR count). The van der Waals surface area contributed by atoms with Crippen molar-refractivity contribution in [1.82, 2.24) is 15.0 Å². The third-order valence-corrected chi connectivity index (χ3v) is 4.89. The predicted octanol–water partition coefficient (Wildman–Crippen LogP) is 0.767. The number of rotatable bonds is 3. The number of nitrogens with zero attached hydrogens (tertiary/aromatic N) is 3. The Morgan fingerprint density at radius 1 is 1.47 bits per heavy atom. The minimum absolute atomic E-state index is 0.312. The monoisotopic (exact) mass is 225 g/mol. The molecule has 0 radical (unpaired) electrons. The second-order valence-corrected chi connectivity index (χ2v) is 10.5. The molecule has 0 atom stereocenters. The predicted molar refractivity (Wildman–Crippen MR) is 61.8 cm³/mol. The van der Waals surface area contributed by atoms with Crippen LogP contribution in [0, 0.1) is 5.92 Å². The molecule has 15 heavy (non-hydrogen) atoms. The molecule has 4 nitrogen and oxygen atoms in total. The molecule has 1 heterocycles. The van der Waals surface area contributed by atoms with E-state index in [2.05, 4.69) is 36.1 Å². The van der Waals surface area contributed by atoms with Gasteiger partial charge in [-0.25, -0.2) is 4.68 Å². The molecule has 1 aliphatic carbocycles. The van der Waals surface area contributed by atoms with Crippen molar-refractivity contribution >= 4 is 13.4 Å². The first-order valence-electron chi connectivity index (χ1n) is 5.54. The first-order chi connectivity index (χ1) is 7.00. The molecule has 1 fully saturated rings. The zero-order valence-electron chi connectivity index (χ0n) is 9.64. The number of hydrogen-bond acceptors (Lipinski definition) is 3. The summed E-state index contributed by atoms with van der Waals surface area (Å²) in [6.07, 6.45) is 4.19. The van der Waals surface area contributed by atoms with Crippen LogP contribution in [0.3, 0.4) is 0 Å². The van der Waals surface area contributed by atoms with Crippen LogP contribution < -0.4 is 5.32 Å². The van der Waals surface area contributed by atoms with Crippen molar-refractivity contribution in [2.75, 3.05) is 6.61 Å². The van der Waals surface area contributed by atoms with Gasteiger partial charge in [0, 0.05) is 12.8 Å². The molecule has 84 valence electrons. The Bertz CT molecular complexity index is 339. The summed E-state index contributed by atoms with van der Waals surface area (Å²) in [5.41, 5.74) is 0. The largest absolute Gasteiger partial charge is 0.396 e. The van der Waals surface area contributed by atoms with Crippen LogP contribution in [-0.2, 0) is 0 Å². The first kappa shape index (κ1) is 10.8. The summed E-state index contributed by atoms with van der Waals surface area (Å²) in [5, 5.41) is 18.6. The summed E-state index contributed by atoms with van der Waals surface area (Å²) in [6, 6.07) is 0.472. The van der Waals surface area contributed by atoms with E-state index in [-0.39, 0.29) is 0 Å². The summed E-state index contributed by atoms with van der Waals surface area (Å²) >= 11 is 0. The van der Waals surface area contributed by atoms with E-state index >= 15 is 0 Å². The van der Waals surface area contributed by atoms with Crippen molar-refractivity contribution < 1.29 is 5.11 Å². The highest BCUT2D eigenvalue weighted by atomic mass is 28.3. The molecule has 1 aromatic rings. The molecule has 1 aliphatic rings. The number of aromatic nitrogens is 3. The highest BCUT2D eigenvalue weighted by molar-refractivity contribution is 6.88. The molecule has 0 bridgehead atoms. The Hall–Kier alpha value is -0.683. The maximum atomic E-state index is 8.95. The van der Waals surface area contributed by atoms with Crippen LogP contribution in [0.5, 0.6) is 0 Å². The van der Waals surface area contributed by atoms with E-state index in [4.69, 9.17) is 5.11 Å². The number of hydrogen-bond donors (Lipinski definition) is 1. The Balaban J connectivity index is 2.03. The lowest BCUT2D eigenvalue weighted by Crippen LogP contribution is -2.39. The van der Waals surface area contributed by atoms with Crippen LogP contribution in [0.25, 0.3) is 0 Å². The second kappa shape index (κ2) is 3.72. The molecule has 0 saturated heterocycles. The average molecular weight is 225 g/mol. The normalized spacial score (nSPS) is 26.4. The lowest BCUT2D eigenvalue weighted by Gasteiger charge is -2.33. The van der Waals surface area contributed by atoms with Crippen molar-refractivity contribution in [3.8, 4) is 0 Å². The van der Waals surface area contributed by atoms with Crippen LogP contribution in [0.2, 0.25) is 19.6 Å². The molecule has 0 aromatic carbocycles. The van der Waals surface area contributed by atoms with Crippen LogP contribution >= 0.6 is 0 Å².